The second-order valence-electron chi connectivity index (χ2n) is 5.28. The topological polar surface area (TPSA) is 115 Å². The summed E-state index contributed by atoms with van der Waals surface area (Å²) in [5.74, 6) is -3.07. The van der Waals surface area contributed by atoms with E-state index in [-0.39, 0.29) is 0 Å². The minimum absolute atomic E-state index is 1.22. The highest BCUT2D eigenvalue weighted by molar-refractivity contribution is 5.92. The Balaban J connectivity index is 3.46. The van der Waals surface area contributed by atoms with Crippen LogP contribution in [0.1, 0.15) is 27.7 Å². The first-order valence-electron chi connectivity index (χ1n) is 4.80. The number of carboxylic acid groups (broad SMARTS) is 2. The Morgan fingerprint density at radius 3 is 1.06 bits per heavy atom. The van der Waals surface area contributed by atoms with Gasteiger partial charge in [-0.15, -0.1) is 0 Å². The van der Waals surface area contributed by atoms with E-state index in [1.165, 1.54) is 27.7 Å². The Morgan fingerprint density at radius 2 is 0.938 bits per heavy atom. The van der Waals surface area contributed by atoms with Gasteiger partial charge in [0, 0.05) is 10.8 Å². The number of hydrogen-bond donors (Lipinski definition) is 4. The zero-order valence-corrected chi connectivity index (χ0v) is 9.61. The Kier molecular flexibility index (Phi) is 2.22. The normalized spacial score (nSPS) is 39.9. The second kappa shape index (κ2) is 2.75. The molecule has 0 unspecified atom stereocenters. The Hall–Kier alpha value is -1.14. The lowest BCUT2D eigenvalue weighted by molar-refractivity contribution is -0.354. The molecule has 0 atom stereocenters. The van der Waals surface area contributed by atoms with Gasteiger partial charge >= 0.3 is 11.9 Å². The molecule has 16 heavy (non-hydrogen) atoms. The molecule has 1 saturated carbocycles. The molecule has 1 fully saturated rings. The second-order valence-corrected chi connectivity index (χ2v) is 5.28. The first-order chi connectivity index (χ1) is 6.89. The summed E-state index contributed by atoms with van der Waals surface area (Å²) in [4.78, 5) is 22.2. The fourth-order valence-corrected chi connectivity index (χ4v) is 3.09. The molecule has 6 heteroatoms. The first kappa shape index (κ1) is 12.9. The van der Waals surface area contributed by atoms with Crippen LogP contribution in [0.3, 0.4) is 0 Å². The molecule has 0 amide bonds. The molecule has 0 spiro atoms. The molecule has 92 valence electrons. The van der Waals surface area contributed by atoms with E-state index in [0.717, 1.165) is 0 Å². The first-order valence-corrected chi connectivity index (χ1v) is 4.80. The highest BCUT2D eigenvalue weighted by atomic mass is 16.4. The van der Waals surface area contributed by atoms with Crippen molar-refractivity contribution >= 4 is 11.9 Å². The zero-order valence-electron chi connectivity index (χ0n) is 9.61. The third-order valence-electron chi connectivity index (χ3n) is 4.24. The molecule has 0 aromatic rings. The molecule has 0 aromatic carbocycles. The van der Waals surface area contributed by atoms with Gasteiger partial charge in [-0.1, -0.05) is 27.7 Å². The van der Waals surface area contributed by atoms with Gasteiger partial charge in [0.05, 0.1) is 0 Å². The standard InChI is InChI=1S/C10H16O6/c1-7(2)9(15,5(11)12)8(3,4)10(7,16)6(13)14/h15-16H,1-4H3,(H,11,12)(H,13,14)/t9-,10-. The van der Waals surface area contributed by atoms with E-state index >= 15 is 0 Å². The molecule has 1 aliphatic rings. The third-order valence-corrected chi connectivity index (χ3v) is 4.24. The molecule has 1 rings (SSSR count). The molecule has 0 aromatic heterocycles. The van der Waals surface area contributed by atoms with E-state index < -0.39 is 34.0 Å². The van der Waals surface area contributed by atoms with Crippen molar-refractivity contribution in [2.45, 2.75) is 38.9 Å². The van der Waals surface area contributed by atoms with Crippen molar-refractivity contribution in [3.63, 3.8) is 0 Å². The molecular formula is C10H16O6. The number of aliphatic carboxylic acids is 2. The van der Waals surface area contributed by atoms with Crippen molar-refractivity contribution in [1.29, 1.82) is 0 Å². The summed E-state index contributed by atoms with van der Waals surface area (Å²) in [5.41, 5.74) is -7.93. The third kappa shape index (κ3) is 0.824. The summed E-state index contributed by atoms with van der Waals surface area (Å²) in [6.07, 6.45) is 0. The predicted molar refractivity (Wildman–Crippen MR) is 52.7 cm³/mol. The molecule has 0 heterocycles. The number of hydrogen-bond acceptors (Lipinski definition) is 4. The van der Waals surface area contributed by atoms with E-state index in [1.807, 2.05) is 0 Å². The number of carbonyl (C=O) groups is 2. The van der Waals surface area contributed by atoms with Crippen LogP contribution in [0, 0.1) is 10.8 Å². The van der Waals surface area contributed by atoms with E-state index in [0.29, 0.717) is 0 Å². The van der Waals surface area contributed by atoms with Crippen LogP contribution in [-0.2, 0) is 9.59 Å². The van der Waals surface area contributed by atoms with E-state index in [9.17, 15) is 19.8 Å². The summed E-state index contributed by atoms with van der Waals surface area (Å²) in [6, 6.07) is 0. The van der Waals surface area contributed by atoms with Crippen LogP contribution in [0.15, 0.2) is 0 Å². The van der Waals surface area contributed by atoms with Crippen molar-refractivity contribution in [3.05, 3.63) is 0 Å². The molecule has 1 aliphatic carbocycles. The van der Waals surface area contributed by atoms with Crippen molar-refractivity contribution in [2.24, 2.45) is 10.8 Å². The molecular weight excluding hydrogens is 216 g/mol. The predicted octanol–water partition coefficient (Wildman–Crippen LogP) is -0.316. The van der Waals surface area contributed by atoms with Crippen LogP contribution < -0.4 is 0 Å². The molecule has 6 nitrogen and oxygen atoms in total. The maximum atomic E-state index is 11.1. The molecule has 0 radical (unpaired) electrons. The maximum absolute atomic E-state index is 11.1. The highest BCUT2D eigenvalue weighted by Gasteiger charge is 2.86. The van der Waals surface area contributed by atoms with Gasteiger partial charge in [0.25, 0.3) is 0 Å². The largest absolute Gasteiger partial charge is 0.479 e. The monoisotopic (exact) mass is 232 g/mol. The van der Waals surface area contributed by atoms with Gasteiger partial charge in [-0.2, -0.15) is 0 Å². The zero-order chi connectivity index (χ0) is 13.2. The molecule has 0 bridgehead atoms. The van der Waals surface area contributed by atoms with Gasteiger partial charge in [-0.05, 0) is 0 Å². The number of carboxylic acids is 2. The average Bonchev–Trinajstić information content (AvgIpc) is 2.12. The van der Waals surface area contributed by atoms with E-state index in [4.69, 9.17) is 10.2 Å². The van der Waals surface area contributed by atoms with Gasteiger partial charge in [-0.25, -0.2) is 9.59 Å². The summed E-state index contributed by atoms with van der Waals surface area (Å²) in [6.45, 7) is 4.89. The highest BCUT2D eigenvalue weighted by Crippen LogP contribution is 2.68. The van der Waals surface area contributed by atoms with Gasteiger partial charge in [0.15, 0.2) is 11.2 Å². The van der Waals surface area contributed by atoms with E-state index in [2.05, 4.69) is 0 Å². The maximum Gasteiger partial charge on any atom is 0.337 e. The van der Waals surface area contributed by atoms with Gasteiger partial charge in [0.2, 0.25) is 0 Å². The summed E-state index contributed by atoms with van der Waals surface area (Å²) < 4.78 is 0. The number of aliphatic hydroxyl groups is 2. The average molecular weight is 232 g/mol. The fourth-order valence-electron chi connectivity index (χ4n) is 3.09. The lowest BCUT2D eigenvalue weighted by atomic mass is 9.35. The number of rotatable bonds is 2. The van der Waals surface area contributed by atoms with Crippen molar-refractivity contribution in [3.8, 4) is 0 Å². The quantitative estimate of drug-likeness (QED) is 0.519. The minimum Gasteiger partial charge on any atom is -0.479 e. The van der Waals surface area contributed by atoms with Crippen LogP contribution in [-0.4, -0.2) is 43.6 Å². The Bertz CT molecular complexity index is 320. The Morgan fingerprint density at radius 1 is 0.750 bits per heavy atom. The molecule has 0 aliphatic heterocycles. The SMILES string of the molecule is CC1(C)[C@](O)(C(=O)O)C(C)(C)[C@@]1(O)C(=O)O. The van der Waals surface area contributed by atoms with Crippen LogP contribution in [0.25, 0.3) is 0 Å². The Labute approximate surface area is 92.5 Å². The summed E-state index contributed by atoms with van der Waals surface area (Å²) in [7, 11) is 0. The lowest BCUT2D eigenvalue weighted by Crippen LogP contribution is -2.88. The van der Waals surface area contributed by atoms with E-state index in [1.54, 1.807) is 0 Å². The van der Waals surface area contributed by atoms with Crippen LogP contribution in [0.5, 0.6) is 0 Å². The minimum atomic E-state index is -2.28. The smallest absolute Gasteiger partial charge is 0.337 e. The van der Waals surface area contributed by atoms with Crippen LogP contribution >= 0.6 is 0 Å². The van der Waals surface area contributed by atoms with Crippen molar-refractivity contribution < 1.29 is 30.0 Å². The van der Waals surface area contributed by atoms with Crippen molar-refractivity contribution in [1.82, 2.24) is 0 Å². The van der Waals surface area contributed by atoms with Gasteiger partial charge < -0.3 is 20.4 Å². The fraction of sp³-hybridized carbons (Fsp3) is 0.800. The van der Waals surface area contributed by atoms with Crippen LogP contribution in [0.2, 0.25) is 0 Å². The molecule has 4 N–H and O–H groups in total. The van der Waals surface area contributed by atoms with Crippen molar-refractivity contribution in [2.75, 3.05) is 0 Å². The summed E-state index contributed by atoms with van der Waals surface area (Å²) in [5, 5.41) is 38.3. The molecule has 0 saturated heterocycles. The van der Waals surface area contributed by atoms with Gasteiger partial charge in [0.1, 0.15) is 0 Å². The summed E-state index contributed by atoms with van der Waals surface area (Å²) >= 11 is 0. The van der Waals surface area contributed by atoms with Gasteiger partial charge in [-0.3, -0.25) is 0 Å². The van der Waals surface area contributed by atoms with Crippen LogP contribution in [0.4, 0.5) is 0 Å². The lowest BCUT2D eigenvalue weighted by Gasteiger charge is -2.69.